The smallest absolute Gasteiger partial charge is 0.269 e. The molecule has 3 fully saturated rings. The van der Waals surface area contributed by atoms with E-state index in [2.05, 4.69) is 19.8 Å². The van der Waals surface area contributed by atoms with Crippen LogP contribution in [0.3, 0.4) is 0 Å². The summed E-state index contributed by atoms with van der Waals surface area (Å²) in [4.78, 5) is 25.1. The lowest BCUT2D eigenvalue weighted by atomic mass is 9.81. The molecule has 2 N–H and O–H groups in total. The second-order valence-corrected chi connectivity index (χ2v) is 8.76. The van der Waals surface area contributed by atoms with E-state index in [9.17, 15) is 4.79 Å². The number of amides is 1. The average Bonchev–Trinajstić information content (AvgIpc) is 2.62. The lowest BCUT2D eigenvalue weighted by Gasteiger charge is -2.43. The third-order valence-corrected chi connectivity index (χ3v) is 7.01. The van der Waals surface area contributed by atoms with Gasteiger partial charge in [0.05, 0.1) is 11.9 Å². The van der Waals surface area contributed by atoms with E-state index < -0.39 is 5.91 Å². The number of nitrogens with two attached hydrogens (primary N) is 1. The van der Waals surface area contributed by atoms with Crippen molar-refractivity contribution in [2.75, 3.05) is 31.1 Å². The number of rotatable bonds is 5. The summed E-state index contributed by atoms with van der Waals surface area (Å²) in [5.41, 5.74) is 6.23. The van der Waals surface area contributed by atoms with Gasteiger partial charge in [-0.2, -0.15) is 0 Å². The summed E-state index contributed by atoms with van der Waals surface area (Å²) < 4.78 is 0. The van der Waals surface area contributed by atoms with E-state index in [1.54, 1.807) is 13.1 Å². The Hall–Kier alpha value is -1.69. The van der Waals surface area contributed by atoms with Crippen molar-refractivity contribution >= 4 is 11.7 Å². The molecule has 0 aromatic carbocycles. The van der Waals surface area contributed by atoms with Crippen LogP contribution in [0.15, 0.2) is 6.20 Å². The zero-order chi connectivity index (χ0) is 18.8. The number of likely N-dealkylation sites (tertiary alicyclic amines) is 1. The minimum atomic E-state index is -0.506. The van der Waals surface area contributed by atoms with Crippen LogP contribution in [0.1, 0.15) is 67.5 Å². The quantitative estimate of drug-likeness (QED) is 0.861. The molecule has 1 saturated carbocycles. The number of hydrogen-bond acceptors (Lipinski definition) is 5. The molecule has 3 aliphatic rings. The Morgan fingerprint density at radius 3 is 2.22 bits per heavy atom. The monoisotopic (exact) mass is 371 g/mol. The molecule has 3 heterocycles. The van der Waals surface area contributed by atoms with Gasteiger partial charge in [0.1, 0.15) is 11.5 Å². The average molecular weight is 372 g/mol. The summed E-state index contributed by atoms with van der Waals surface area (Å²) in [5, 5.41) is 0. The van der Waals surface area contributed by atoms with Gasteiger partial charge >= 0.3 is 0 Å². The highest BCUT2D eigenvalue weighted by atomic mass is 16.1. The molecule has 27 heavy (non-hydrogen) atoms. The molecule has 0 bridgehead atoms. The van der Waals surface area contributed by atoms with Gasteiger partial charge in [-0.3, -0.25) is 4.79 Å². The van der Waals surface area contributed by atoms with Crippen molar-refractivity contribution in [1.82, 2.24) is 14.9 Å². The topological polar surface area (TPSA) is 75.3 Å². The first kappa shape index (κ1) is 18.7. The molecule has 6 heteroatoms. The molecule has 148 valence electrons. The predicted molar refractivity (Wildman–Crippen MR) is 107 cm³/mol. The fourth-order valence-electron chi connectivity index (χ4n) is 5.04. The zero-order valence-corrected chi connectivity index (χ0v) is 16.6. The van der Waals surface area contributed by atoms with Gasteiger partial charge < -0.3 is 15.5 Å². The molecule has 1 amide bonds. The Morgan fingerprint density at radius 1 is 1.07 bits per heavy atom. The lowest BCUT2D eigenvalue weighted by molar-refractivity contribution is 0.0772. The Bertz CT molecular complexity index is 659. The Labute approximate surface area is 162 Å². The van der Waals surface area contributed by atoms with Gasteiger partial charge in [0.2, 0.25) is 0 Å². The third kappa shape index (κ3) is 4.26. The number of carbonyl (C=O) groups excluding carboxylic acids is 1. The van der Waals surface area contributed by atoms with E-state index in [0.29, 0.717) is 5.69 Å². The van der Waals surface area contributed by atoms with E-state index in [4.69, 9.17) is 5.73 Å². The molecule has 4 rings (SSSR count). The van der Waals surface area contributed by atoms with E-state index in [0.717, 1.165) is 36.8 Å². The Balaban J connectivity index is 1.23. The van der Waals surface area contributed by atoms with Crippen molar-refractivity contribution in [2.45, 2.75) is 64.3 Å². The molecule has 0 unspecified atom stereocenters. The summed E-state index contributed by atoms with van der Waals surface area (Å²) in [7, 11) is 0. The minimum Gasteiger partial charge on any atom is -0.364 e. The second kappa shape index (κ2) is 8.13. The SMILES string of the molecule is Cc1nc(N2CCC(CC3CCN(C4CCC4)CC3)CC2)cnc1C(N)=O. The number of piperidine rings is 2. The minimum absolute atomic E-state index is 0.280. The van der Waals surface area contributed by atoms with Crippen molar-refractivity contribution in [3.63, 3.8) is 0 Å². The number of anilines is 1. The van der Waals surface area contributed by atoms with Gasteiger partial charge in [-0.25, -0.2) is 9.97 Å². The fraction of sp³-hybridized carbons (Fsp3) is 0.762. The van der Waals surface area contributed by atoms with Crippen LogP contribution < -0.4 is 10.6 Å². The van der Waals surface area contributed by atoms with Crippen molar-refractivity contribution in [3.05, 3.63) is 17.6 Å². The van der Waals surface area contributed by atoms with Crippen molar-refractivity contribution < 1.29 is 4.79 Å². The van der Waals surface area contributed by atoms with Gasteiger partial charge in [0.15, 0.2) is 0 Å². The van der Waals surface area contributed by atoms with Crippen LogP contribution in [0.25, 0.3) is 0 Å². The van der Waals surface area contributed by atoms with Crippen molar-refractivity contribution in [3.8, 4) is 0 Å². The largest absolute Gasteiger partial charge is 0.364 e. The maximum absolute atomic E-state index is 11.3. The standard InChI is InChI=1S/C21H33N5O/c1-15-20(21(22)27)23-14-19(24-15)26-11-7-17(8-12-26)13-16-5-9-25(10-6-16)18-3-2-4-18/h14,16-18H,2-13H2,1H3,(H2,22,27). The van der Waals surface area contributed by atoms with Gasteiger partial charge in [-0.1, -0.05) is 6.42 Å². The van der Waals surface area contributed by atoms with Crippen LogP contribution in [-0.4, -0.2) is 53.0 Å². The molecule has 1 aromatic heterocycles. The van der Waals surface area contributed by atoms with Crippen molar-refractivity contribution in [1.29, 1.82) is 0 Å². The molecule has 1 aromatic rings. The van der Waals surface area contributed by atoms with Gasteiger partial charge in [0.25, 0.3) is 5.91 Å². The van der Waals surface area contributed by atoms with E-state index in [1.807, 2.05) is 0 Å². The normalized spacial score (nSPS) is 23.4. The number of aromatic nitrogens is 2. The number of nitrogens with zero attached hydrogens (tertiary/aromatic N) is 4. The maximum Gasteiger partial charge on any atom is 0.269 e. The Kier molecular flexibility index (Phi) is 5.62. The Morgan fingerprint density at radius 2 is 1.70 bits per heavy atom. The molecule has 0 atom stereocenters. The van der Waals surface area contributed by atoms with E-state index >= 15 is 0 Å². The van der Waals surface area contributed by atoms with Crippen LogP contribution in [0.4, 0.5) is 5.82 Å². The van der Waals surface area contributed by atoms with Gasteiger partial charge in [-0.05, 0) is 76.8 Å². The van der Waals surface area contributed by atoms with Gasteiger partial charge in [0, 0.05) is 19.1 Å². The molecular formula is C21H33N5O. The summed E-state index contributed by atoms with van der Waals surface area (Å²) in [6, 6.07) is 0.916. The number of carbonyl (C=O) groups is 1. The third-order valence-electron chi connectivity index (χ3n) is 7.01. The van der Waals surface area contributed by atoms with Crippen LogP contribution >= 0.6 is 0 Å². The first-order valence-corrected chi connectivity index (χ1v) is 10.7. The van der Waals surface area contributed by atoms with Gasteiger partial charge in [-0.15, -0.1) is 0 Å². The summed E-state index contributed by atoms with van der Waals surface area (Å²) in [6.07, 6.45) is 12.7. The highest BCUT2D eigenvalue weighted by molar-refractivity contribution is 5.91. The number of aryl methyl sites for hydroxylation is 1. The molecule has 0 spiro atoms. The van der Waals surface area contributed by atoms with Crippen LogP contribution in [0.2, 0.25) is 0 Å². The van der Waals surface area contributed by atoms with Crippen LogP contribution in [0, 0.1) is 18.8 Å². The lowest BCUT2D eigenvalue weighted by Crippen LogP contribution is -2.45. The summed E-state index contributed by atoms with van der Waals surface area (Å²) in [6.45, 7) is 6.54. The summed E-state index contributed by atoms with van der Waals surface area (Å²) >= 11 is 0. The van der Waals surface area contributed by atoms with Crippen molar-refractivity contribution in [2.24, 2.45) is 17.6 Å². The fourth-order valence-corrected chi connectivity index (χ4v) is 5.04. The molecule has 1 aliphatic carbocycles. The first-order chi connectivity index (χ1) is 13.1. The van der Waals surface area contributed by atoms with E-state index in [-0.39, 0.29) is 5.69 Å². The predicted octanol–water partition coefficient (Wildman–Crippen LogP) is 2.75. The molecule has 2 saturated heterocycles. The highest BCUT2D eigenvalue weighted by Crippen LogP contribution is 2.34. The van der Waals surface area contributed by atoms with Crippen LogP contribution in [0.5, 0.6) is 0 Å². The number of hydrogen-bond donors (Lipinski definition) is 1. The summed E-state index contributed by atoms with van der Waals surface area (Å²) in [5.74, 6) is 2.15. The maximum atomic E-state index is 11.3. The second-order valence-electron chi connectivity index (χ2n) is 8.76. The van der Waals surface area contributed by atoms with Crippen LogP contribution in [-0.2, 0) is 0 Å². The molecular weight excluding hydrogens is 338 g/mol. The van der Waals surface area contributed by atoms with E-state index in [1.165, 1.54) is 64.5 Å². The first-order valence-electron chi connectivity index (χ1n) is 10.7. The number of primary amides is 1. The molecule has 6 nitrogen and oxygen atoms in total. The molecule has 2 aliphatic heterocycles. The zero-order valence-electron chi connectivity index (χ0n) is 16.6. The molecule has 0 radical (unpaired) electrons. The highest BCUT2D eigenvalue weighted by Gasteiger charge is 2.30.